The number of aromatic nitrogens is 3. The van der Waals surface area contributed by atoms with Crippen LogP contribution in [0.1, 0.15) is 32.3 Å². The third-order valence-electron chi connectivity index (χ3n) is 4.73. The normalized spacial score (nSPS) is 11.6. The number of thioether (sulfide) groups is 1. The summed E-state index contributed by atoms with van der Waals surface area (Å²) in [5.41, 5.74) is 1.87. The van der Waals surface area contributed by atoms with Crippen LogP contribution in [0.25, 0.3) is 11.3 Å². The van der Waals surface area contributed by atoms with Crippen LogP contribution in [0.15, 0.2) is 52.4 Å². The molecule has 10 heteroatoms. The standard InChI is InChI=1S/C23H24FN5O3S/c1-4-18(21(31)25-15-9-7-14(24)8-10-15)33-23-27-22(32)20(28-29-23)16-12-13(3)6-11-17(16)26-19(30)5-2/h6-12,18H,4-5H2,1-3H3,(H,25,31)(H,26,30)(H,27,29,32)/t18-/m0/s1. The van der Waals surface area contributed by atoms with E-state index in [4.69, 9.17) is 0 Å². The number of benzene rings is 2. The lowest BCUT2D eigenvalue weighted by Gasteiger charge is -2.14. The summed E-state index contributed by atoms with van der Waals surface area (Å²) in [7, 11) is 0. The number of carbonyl (C=O) groups is 2. The van der Waals surface area contributed by atoms with E-state index in [0.29, 0.717) is 29.8 Å². The maximum absolute atomic E-state index is 13.1. The molecule has 3 aromatic rings. The van der Waals surface area contributed by atoms with Crippen molar-refractivity contribution in [1.82, 2.24) is 15.2 Å². The molecule has 8 nitrogen and oxygen atoms in total. The predicted molar refractivity (Wildman–Crippen MR) is 127 cm³/mol. The largest absolute Gasteiger partial charge is 0.325 e. The van der Waals surface area contributed by atoms with Crippen LogP contribution in [0, 0.1) is 12.7 Å². The summed E-state index contributed by atoms with van der Waals surface area (Å²) in [6.45, 7) is 5.43. The molecular formula is C23H24FN5O3S. The Morgan fingerprint density at radius 3 is 2.45 bits per heavy atom. The minimum Gasteiger partial charge on any atom is -0.325 e. The van der Waals surface area contributed by atoms with Gasteiger partial charge < -0.3 is 10.6 Å². The number of aromatic amines is 1. The van der Waals surface area contributed by atoms with E-state index in [1.54, 1.807) is 19.1 Å². The summed E-state index contributed by atoms with van der Waals surface area (Å²) in [5.74, 6) is -0.882. The molecule has 0 radical (unpaired) electrons. The molecule has 0 saturated carbocycles. The Morgan fingerprint density at radius 1 is 1.09 bits per heavy atom. The van der Waals surface area contributed by atoms with E-state index in [-0.39, 0.29) is 22.7 Å². The number of carbonyl (C=O) groups excluding carboxylic acids is 2. The molecule has 33 heavy (non-hydrogen) atoms. The summed E-state index contributed by atoms with van der Waals surface area (Å²) >= 11 is 1.07. The highest BCUT2D eigenvalue weighted by Crippen LogP contribution is 2.27. The molecule has 1 aromatic heterocycles. The Labute approximate surface area is 194 Å². The fraction of sp³-hybridized carbons (Fsp3) is 0.261. The molecule has 172 valence electrons. The van der Waals surface area contributed by atoms with Gasteiger partial charge in [0, 0.05) is 17.7 Å². The van der Waals surface area contributed by atoms with E-state index < -0.39 is 16.6 Å². The zero-order valence-electron chi connectivity index (χ0n) is 18.4. The van der Waals surface area contributed by atoms with Gasteiger partial charge in [-0.25, -0.2) is 4.39 Å². The zero-order chi connectivity index (χ0) is 24.0. The number of nitrogens with zero attached hydrogens (tertiary/aromatic N) is 2. The predicted octanol–water partition coefficient (Wildman–Crippen LogP) is 4.14. The first-order chi connectivity index (χ1) is 15.8. The lowest BCUT2D eigenvalue weighted by Crippen LogP contribution is -2.25. The lowest BCUT2D eigenvalue weighted by molar-refractivity contribution is -0.116. The molecule has 0 fully saturated rings. The summed E-state index contributed by atoms with van der Waals surface area (Å²) in [5, 5.41) is 13.3. The first-order valence-corrected chi connectivity index (χ1v) is 11.3. The van der Waals surface area contributed by atoms with Crippen LogP contribution in [0.5, 0.6) is 0 Å². The number of nitrogens with one attached hydrogen (secondary N) is 3. The number of amides is 2. The van der Waals surface area contributed by atoms with Gasteiger partial charge in [-0.15, -0.1) is 10.2 Å². The van der Waals surface area contributed by atoms with Crippen molar-refractivity contribution in [3.05, 3.63) is 64.2 Å². The van der Waals surface area contributed by atoms with Crippen LogP contribution in [-0.4, -0.2) is 32.2 Å². The first-order valence-electron chi connectivity index (χ1n) is 10.4. The number of anilines is 2. The molecule has 1 atom stereocenters. The summed E-state index contributed by atoms with van der Waals surface area (Å²) in [4.78, 5) is 39.9. The fourth-order valence-corrected chi connectivity index (χ4v) is 3.81. The maximum Gasteiger partial charge on any atom is 0.278 e. The SMILES string of the molecule is CCC(=O)Nc1ccc(C)cc1-c1nnc(S[C@@H](CC)C(=O)Nc2ccc(F)cc2)[nH]c1=O. The quantitative estimate of drug-likeness (QED) is 0.427. The molecule has 3 rings (SSSR count). The molecule has 0 bridgehead atoms. The van der Waals surface area contributed by atoms with E-state index in [9.17, 15) is 18.8 Å². The average molecular weight is 470 g/mol. The maximum atomic E-state index is 13.1. The molecule has 0 aliphatic heterocycles. The van der Waals surface area contributed by atoms with Crippen molar-refractivity contribution in [2.75, 3.05) is 10.6 Å². The first kappa shape index (κ1) is 24.1. The summed E-state index contributed by atoms with van der Waals surface area (Å²) in [6.07, 6.45) is 0.761. The monoisotopic (exact) mass is 469 g/mol. The molecule has 0 aliphatic carbocycles. The Balaban J connectivity index is 1.81. The Hall–Kier alpha value is -3.53. The molecule has 2 aromatic carbocycles. The molecule has 2 amide bonds. The number of aryl methyl sites for hydroxylation is 1. The van der Waals surface area contributed by atoms with Crippen molar-refractivity contribution < 1.29 is 14.0 Å². The second-order valence-corrected chi connectivity index (χ2v) is 8.46. The highest BCUT2D eigenvalue weighted by molar-refractivity contribution is 8.00. The van der Waals surface area contributed by atoms with Gasteiger partial charge in [-0.2, -0.15) is 0 Å². The third kappa shape index (κ3) is 6.26. The van der Waals surface area contributed by atoms with Gasteiger partial charge in [0.2, 0.25) is 11.8 Å². The van der Waals surface area contributed by atoms with Gasteiger partial charge in [0.05, 0.1) is 10.9 Å². The van der Waals surface area contributed by atoms with Crippen LogP contribution in [0.4, 0.5) is 15.8 Å². The lowest BCUT2D eigenvalue weighted by atomic mass is 10.1. The van der Waals surface area contributed by atoms with E-state index in [0.717, 1.165) is 17.3 Å². The minimum absolute atomic E-state index is 0.0678. The van der Waals surface area contributed by atoms with Gasteiger partial charge in [0.25, 0.3) is 5.56 Å². The van der Waals surface area contributed by atoms with Gasteiger partial charge in [-0.05, 0) is 49.7 Å². The van der Waals surface area contributed by atoms with E-state index in [2.05, 4.69) is 25.8 Å². The van der Waals surface area contributed by atoms with Crippen molar-refractivity contribution in [3.63, 3.8) is 0 Å². The van der Waals surface area contributed by atoms with Crippen LogP contribution in [-0.2, 0) is 9.59 Å². The number of rotatable bonds is 8. The zero-order valence-corrected chi connectivity index (χ0v) is 19.3. The topological polar surface area (TPSA) is 117 Å². The second-order valence-electron chi connectivity index (χ2n) is 7.27. The number of hydrogen-bond acceptors (Lipinski definition) is 6. The van der Waals surface area contributed by atoms with Gasteiger partial charge >= 0.3 is 0 Å². The van der Waals surface area contributed by atoms with Gasteiger partial charge in [0.15, 0.2) is 10.9 Å². The molecule has 3 N–H and O–H groups in total. The Bertz CT molecular complexity index is 1210. The number of halogens is 1. The minimum atomic E-state index is -0.552. The van der Waals surface area contributed by atoms with Crippen molar-refractivity contribution in [1.29, 1.82) is 0 Å². The van der Waals surface area contributed by atoms with Crippen molar-refractivity contribution in [3.8, 4) is 11.3 Å². The van der Waals surface area contributed by atoms with Crippen molar-refractivity contribution >= 4 is 35.0 Å². The summed E-state index contributed by atoms with van der Waals surface area (Å²) in [6, 6.07) is 10.8. The molecular weight excluding hydrogens is 445 g/mol. The molecule has 0 unspecified atom stereocenters. The third-order valence-corrected chi connectivity index (χ3v) is 5.97. The molecule has 0 saturated heterocycles. The smallest absolute Gasteiger partial charge is 0.278 e. The van der Waals surface area contributed by atoms with Crippen molar-refractivity contribution in [2.24, 2.45) is 0 Å². The van der Waals surface area contributed by atoms with Crippen LogP contribution in [0.3, 0.4) is 0 Å². The second kappa shape index (κ2) is 10.9. The highest BCUT2D eigenvalue weighted by atomic mass is 32.2. The van der Waals surface area contributed by atoms with Crippen LogP contribution in [0.2, 0.25) is 0 Å². The number of hydrogen-bond donors (Lipinski definition) is 3. The Morgan fingerprint density at radius 2 is 1.82 bits per heavy atom. The number of H-pyrrole nitrogens is 1. The van der Waals surface area contributed by atoms with Gasteiger partial charge in [-0.1, -0.05) is 37.2 Å². The Kier molecular flexibility index (Phi) is 7.94. The van der Waals surface area contributed by atoms with E-state index >= 15 is 0 Å². The highest BCUT2D eigenvalue weighted by Gasteiger charge is 2.21. The van der Waals surface area contributed by atoms with Crippen LogP contribution < -0.4 is 16.2 Å². The fourth-order valence-electron chi connectivity index (χ4n) is 2.97. The van der Waals surface area contributed by atoms with E-state index in [1.807, 2.05) is 19.9 Å². The molecule has 0 spiro atoms. The van der Waals surface area contributed by atoms with Gasteiger partial charge in [-0.3, -0.25) is 19.4 Å². The molecule has 1 heterocycles. The van der Waals surface area contributed by atoms with E-state index in [1.165, 1.54) is 24.3 Å². The summed E-state index contributed by atoms with van der Waals surface area (Å²) < 4.78 is 13.1. The van der Waals surface area contributed by atoms with Gasteiger partial charge in [0.1, 0.15) is 5.82 Å². The average Bonchev–Trinajstić information content (AvgIpc) is 2.80. The van der Waals surface area contributed by atoms with Crippen molar-refractivity contribution in [2.45, 2.75) is 44.0 Å². The molecule has 0 aliphatic rings. The van der Waals surface area contributed by atoms with Crippen LogP contribution >= 0.6 is 11.8 Å².